The molecule has 0 aliphatic rings. The Hall–Kier alpha value is -4.47. The molecule has 170 valence electrons. The third-order valence-electron chi connectivity index (χ3n) is 4.59. The van der Waals surface area contributed by atoms with Crippen LogP contribution < -0.4 is 15.5 Å². The number of nitrogens with one attached hydrogen (secondary N) is 2. The summed E-state index contributed by atoms with van der Waals surface area (Å²) in [6.07, 6.45) is 1.31. The molecule has 1 heterocycles. The number of ether oxygens (including phenoxy) is 1. The summed E-state index contributed by atoms with van der Waals surface area (Å²) in [5, 5.41) is 17.1. The number of non-ortho nitro benzene ring substituents is 1. The van der Waals surface area contributed by atoms with Crippen LogP contribution in [-0.4, -0.2) is 36.1 Å². The number of rotatable bonds is 9. The van der Waals surface area contributed by atoms with E-state index in [9.17, 15) is 19.7 Å². The number of hydrazone groups is 1. The number of hydrogen-bond donors (Lipinski definition) is 2. The van der Waals surface area contributed by atoms with Crippen LogP contribution in [0.5, 0.6) is 5.75 Å². The number of carbonyl (C=O) groups is 2. The maximum atomic E-state index is 11.9. The number of nitro groups is 1. The lowest BCUT2D eigenvalue weighted by molar-refractivity contribution is -0.384. The number of para-hydroxylation sites is 1. The summed E-state index contributed by atoms with van der Waals surface area (Å²) in [6, 6.07) is 15.1. The normalized spacial score (nSPS) is 10.7. The highest BCUT2D eigenvalue weighted by Gasteiger charge is 2.12. The second-order valence-corrected chi connectivity index (χ2v) is 7.08. The minimum absolute atomic E-state index is 0.00105. The van der Waals surface area contributed by atoms with Crippen LogP contribution in [-0.2, 0) is 9.59 Å². The molecule has 3 aromatic rings. The van der Waals surface area contributed by atoms with Gasteiger partial charge in [0.15, 0.2) is 6.61 Å². The fraction of sp³-hybridized carbons (Fsp3) is 0.174. The molecular weight excluding hydrogens is 428 g/mol. The Labute approximate surface area is 189 Å². The largest absolute Gasteiger partial charge is 0.484 e. The number of nitrogens with zero attached hydrogens (tertiary/aromatic N) is 2. The standard InChI is InChI=1S/C23H22N4O6/c1-15-5-3-4-6-20(15)32-14-23(29)24-13-22(28)26-25-12-18-8-10-21(33-18)19-9-7-17(27(30)31)11-16(19)2/h3-12H,13-14H2,1-2H3,(H,24,29)(H,26,28)/b25-12-. The van der Waals surface area contributed by atoms with E-state index in [1.54, 1.807) is 37.3 Å². The quantitative estimate of drug-likeness (QED) is 0.292. The molecule has 2 N–H and O–H groups in total. The Morgan fingerprint density at radius 2 is 1.88 bits per heavy atom. The summed E-state index contributed by atoms with van der Waals surface area (Å²) < 4.78 is 11.1. The average Bonchev–Trinajstić information content (AvgIpc) is 3.25. The first kappa shape index (κ1) is 23.2. The van der Waals surface area contributed by atoms with Gasteiger partial charge in [0, 0.05) is 17.7 Å². The second-order valence-electron chi connectivity index (χ2n) is 7.08. The van der Waals surface area contributed by atoms with Gasteiger partial charge in [-0.15, -0.1) is 0 Å². The number of amides is 2. The maximum Gasteiger partial charge on any atom is 0.269 e. The van der Waals surface area contributed by atoms with Gasteiger partial charge in [0.1, 0.15) is 17.3 Å². The first-order valence-electron chi connectivity index (χ1n) is 9.96. The lowest BCUT2D eigenvalue weighted by atomic mass is 10.1. The van der Waals surface area contributed by atoms with E-state index in [2.05, 4.69) is 15.8 Å². The molecule has 10 nitrogen and oxygen atoms in total. The summed E-state index contributed by atoms with van der Waals surface area (Å²) >= 11 is 0. The fourth-order valence-electron chi connectivity index (χ4n) is 2.90. The zero-order valence-corrected chi connectivity index (χ0v) is 18.0. The van der Waals surface area contributed by atoms with E-state index in [4.69, 9.17) is 9.15 Å². The van der Waals surface area contributed by atoms with Crippen molar-refractivity contribution in [2.24, 2.45) is 5.10 Å². The lowest BCUT2D eigenvalue weighted by Crippen LogP contribution is -2.37. The Bertz CT molecular complexity index is 1200. The lowest BCUT2D eigenvalue weighted by Gasteiger charge is -2.08. The molecule has 0 bridgehead atoms. The molecule has 33 heavy (non-hydrogen) atoms. The highest BCUT2D eigenvalue weighted by molar-refractivity contribution is 5.86. The number of aryl methyl sites for hydroxylation is 2. The van der Waals surface area contributed by atoms with Crippen LogP contribution in [0.2, 0.25) is 0 Å². The minimum Gasteiger partial charge on any atom is -0.484 e. The molecule has 0 aliphatic carbocycles. The summed E-state index contributed by atoms with van der Waals surface area (Å²) in [4.78, 5) is 34.1. The number of furan rings is 1. The molecule has 1 aromatic heterocycles. The second kappa shape index (κ2) is 10.7. The van der Waals surface area contributed by atoms with Gasteiger partial charge in [-0.05, 0) is 49.2 Å². The summed E-state index contributed by atoms with van der Waals surface area (Å²) in [7, 11) is 0. The van der Waals surface area contributed by atoms with Gasteiger partial charge in [0.2, 0.25) is 0 Å². The molecule has 0 spiro atoms. The van der Waals surface area contributed by atoms with E-state index in [-0.39, 0.29) is 18.8 Å². The SMILES string of the molecule is Cc1ccccc1OCC(=O)NCC(=O)N/N=C\c1ccc(-c2ccc([N+](=O)[O-])cc2C)o1. The third-order valence-corrected chi connectivity index (χ3v) is 4.59. The van der Waals surface area contributed by atoms with E-state index in [1.807, 2.05) is 19.1 Å². The maximum absolute atomic E-state index is 11.9. The first-order chi connectivity index (χ1) is 15.8. The first-order valence-corrected chi connectivity index (χ1v) is 9.96. The molecule has 0 radical (unpaired) electrons. The highest BCUT2D eigenvalue weighted by atomic mass is 16.6. The number of carbonyl (C=O) groups excluding carboxylic acids is 2. The van der Waals surface area contributed by atoms with Gasteiger partial charge >= 0.3 is 0 Å². The molecule has 2 aromatic carbocycles. The van der Waals surface area contributed by atoms with Crippen LogP contribution in [0.1, 0.15) is 16.9 Å². The van der Waals surface area contributed by atoms with Gasteiger partial charge < -0.3 is 14.5 Å². The average molecular weight is 450 g/mol. The van der Waals surface area contributed by atoms with Gasteiger partial charge in [-0.1, -0.05) is 18.2 Å². The van der Waals surface area contributed by atoms with Gasteiger partial charge in [-0.25, -0.2) is 5.43 Å². The van der Waals surface area contributed by atoms with E-state index in [0.717, 1.165) is 5.56 Å². The number of nitro benzene ring substituents is 1. The fourth-order valence-corrected chi connectivity index (χ4v) is 2.90. The van der Waals surface area contributed by atoms with Crippen LogP contribution in [0.25, 0.3) is 11.3 Å². The Balaban J connectivity index is 1.45. The Kier molecular flexibility index (Phi) is 7.53. The van der Waals surface area contributed by atoms with Crippen molar-refractivity contribution in [1.82, 2.24) is 10.7 Å². The summed E-state index contributed by atoms with van der Waals surface area (Å²) in [6.45, 7) is 3.14. The molecular formula is C23H22N4O6. The molecule has 0 aliphatic heterocycles. The predicted molar refractivity (Wildman–Crippen MR) is 121 cm³/mol. The zero-order valence-electron chi connectivity index (χ0n) is 18.0. The van der Waals surface area contributed by atoms with Gasteiger partial charge in [-0.3, -0.25) is 19.7 Å². The zero-order chi connectivity index (χ0) is 23.8. The van der Waals surface area contributed by atoms with Crippen molar-refractivity contribution in [3.05, 3.63) is 81.6 Å². The molecule has 0 saturated carbocycles. The van der Waals surface area contributed by atoms with E-state index in [1.165, 1.54) is 18.3 Å². The van der Waals surface area contributed by atoms with Crippen LogP contribution >= 0.6 is 0 Å². The molecule has 0 saturated heterocycles. The molecule has 0 unspecified atom stereocenters. The topological polar surface area (TPSA) is 136 Å². The van der Waals surface area contributed by atoms with Crippen LogP contribution in [0.4, 0.5) is 5.69 Å². The molecule has 0 fully saturated rings. The highest BCUT2D eigenvalue weighted by Crippen LogP contribution is 2.28. The Morgan fingerprint density at radius 3 is 2.61 bits per heavy atom. The number of hydrogen-bond acceptors (Lipinski definition) is 7. The van der Waals surface area contributed by atoms with Crippen molar-refractivity contribution in [3.8, 4) is 17.1 Å². The van der Waals surface area contributed by atoms with Crippen molar-refractivity contribution in [3.63, 3.8) is 0 Å². The molecule has 0 atom stereocenters. The van der Waals surface area contributed by atoms with Crippen molar-refractivity contribution >= 4 is 23.7 Å². The van der Waals surface area contributed by atoms with Crippen LogP contribution in [0.3, 0.4) is 0 Å². The van der Waals surface area contributed by atoms with Crippen molar-refractivity contribution in [1.29, 1.82) is 0 Å². The molecule has 3 rings (SSSR count). The monoisotopic (exact) mass is 450 g/mol. The smallest absolute Gasteiger partial charge is 0.269 e. The number of benzene rings is 2. The van der Waals surface area contributed by atoms with Gasteiger partial charge in [0.25, 0.3) is 17.5 Å². The van der Waals surface area contributed by atoms with Gasteiger partial charge in [0.05, 0.1) is 17.7 Å². The third kappa shape index (κ3) is 6.50. The summed E-state index contributed by atoms with van der Waals surface area (Å²) in [5.41, 5.74) is 4.60. The van der Waals surface area contributed by atoms with E-state index < -0.39 is 16.7 Å². The van der Waals surface area contributed by atoms with Crippen LogP contribution in [0.15, 0.2) is 64.1 Å². The van der Waals surface area contributed by atoms with Crippen LogP contribution in [0, 0.1) is 24.0 Å². The van der Waals surface area contributed by atoms with Crippen molar-refractivity contribution in [2.45, 2.75) is 13.8 Å². The Morgan fingerprint density at radius 1 is 1.09 bits per heavy atom. The van der Waals surface area contributed by atoms with E-state index >= 15 is 0 Å². The van der Waals surface area contributed by atoms with E-state index in [0.29, 0.717) is 28.4 Å². The minimum atomic E-state index is -0.520. The summed E-state index contributed by atoms with van der Waals surface area (Å²) in [5.74, 6) is 0.526. The predicted octanol–water partition coefficient (Wildman–Crippen LogP) is 3.12. The molecule has 10 heteroatoms. The van der Waals surface area contributed by atoms with Crippen molar-refractivity contribution < 1.29 is 23.7 Å². The van der Waals surface area contributed by atoms with Gasteiger partial charge in [-0.2, -0.15) is 5.10 Å². The molecule has 2 amide bonds. The van der Waals surface area contributed by atoms with Crippen molar-refractivity contribution in [2.75, 3.05) is 13.2 Å².